The average Bonchev–Trinajstić information content (AvgIpc) is 2.45. The number of aliphatic imine (C=N–C) groups is 1. The second-order valence-electron chi connectivity index (χ2n) is 4.27. The Morgan fingerprint density at radius 3 is 2.75 bits per heavy atom. The van der Waals surface area contributed by atoms with Gasteiger partial charge in [-0.3, -0.25) is 0 Å². The summed E-state index contributed by atoms with van der Waals surface area (Å²) < 4.78 is 23.6. The Labute approximate surface area is 135 Å². The average molecular weight is 395 g/mol. The molecule has 20 heavy (non-hydrogen) atoms. The number of hydrogen-bond donors (Lipinski definition) is 1. The summed E-state index contributed by atoms with van der Waals surface area (Å²) in [6, 6.07) is 4.51. The molecule has 1 aliphatic heterocycles. The van der Waals surface area contributed by atoms with Crippen molar-refractivity contribution in [1.82, 2.24) is 4.90 Å². The molecule has 0 saturated carbocycles. The highest BCUT2D eigenvalue weighted by Crippen LogP contribution is 2.16. The molecular formula is C13H19FIN3O2. The number of morpholine rings is 1. The number of halogens is 2. The zero-order valence-electron chi connectivity index (χ0n) is 11.3. The first kappa shape index (κ1) is 17.0. The minimum atomic E-state index is -0.338. The third-order valence-electron chi connectivity index (χ3n) is 2.93. The normalized spacial score (nSPS) is 15.7. The van der Waals surface area contributed by atoms with E-state index in [0.29, 0.717) is 31.5 Å². The van der Waals surface area contributed by atoms with E-state index < -0.39 is 0 Å². The number of benzene rings is 1. The first-order valence-electron chi connectivity index (χ1n) is 6.15. The predicted octanol–water partition coefficient (Wildman–Crippen LogP) is 1.60. The molecule has 0 spiro atoms. The van der Waals surface area contributed by atoms with Crippen molar-refractivity contribution in [2.24, 2.45) is 10.7 Å². The van der Waals surface area contributed by atoms with E-state index in [9.17, 15) is 4.39 Å². The Hall–Kier alpha value is -1.09. The van der Waals surface area contributed by atoms with Crippen LogP contribution < -0.4 is 10.5 Å². The van der Waals surface area contributed by atoms with Gasteiger partial charge in [0.25, 0.3) is 0 Å². The van der Waals surface area contributed by atoms with Gasteiger partial charge >= 0.3 is 0 Å². The number of methoxy groups -OCH3 is 1. The fourth-order valence-corrected chi connectivity index (χ4v) is 1.89. The van der Waals surface area contributed by atoms with Crippen LogP contribution >= 0.6 is 24.0 Å². The lowest BCUT2D eigenvalue weighted by molar-refractivity contribution is 0.0674. The Kier molecular flexibility index (Phi) is 7.00. The largest absolute Gasteiger partial charge is 0.497 e. The monoisotopic (exact) mass is 395 g/mol. The van der Waals surface area contributed by atoms with Crippen molar-refractivity contribution in [3.8, 4) is 5.75 Å². The summed E-state index contributed by atoms with van der Waals surface area (Å²) >= 11 is 0. The molecule has 2 rings (SSSR count). The maximum Gasteiger partial charge on any atom is 0.191 e. The van der Waals surface area contributed by atoms with E-state index in [4.69, 9.17) is 15.2 Å². The first-order chi connectivity index (χ1) is 9.19. The van der Waals surface area contributed by atoms with E-state index in [2.05, 4.69) is 4.99 Å². The highest BCUT2D eigenvalue weighted by molar-refractivity contribution is 14.0. The third-order valence-corrected chi connectivity index (χ3v) is 2.93. The first-order valence-corrected chi connectivity index (χ1v) is 6.15. The lowest BCUT2D eigenvalue weighted by atomic mass is 10.2. The topological polar surface area (TPSA) is 60.1 Å². The fraction of sp³-hybridized carbons (Fsp3) is 0.462. The van der Waals surface area contributed by atoms with Crippen LogP contribution in [0.15, 0.2) is 23.2 Å². The summed E-state index contributed by atoms with van der Waals surface area (Å²) in [5.74, 6) is 0.608. The Morgan fingerprint density at radius 1 is 1.40 bits per heavy atom. The molecule has 0 amide bonds. The van der Waals surface area contributed by atoms with Gasteiger partial charge in [-0.2, -0.15) is 0 Å². The zero-order chi connectivity index (χ0) is 13.7. The summed E-state index contributed by atoms with van der Waals surface area (Å²) in [4.78, 5) is 6.24. The third kappa shape index (κ3) is 4.78. The molecule has 1 fully saturated rings. The SMILES string of the molecule is COc1cc(F)cc(CN=C(N)N2CCOCC2)c1.I. The van der Waals surface area contributed by atoms with Crippen LogP contribution in [0.2, 0.25) is 0 Å². The van der Waals surface area contributed by atoms with E-state index in [1.165, 1.54) is 19.2 Å². The molecule has 0 aliphatic carbocycles. The molecule has 1 aromatic carbocycles. The summed E-state index contributed by atoms with van der Waals surface area (Å²) in [5, 5.41) is 0. The lowest BCUT2D eigenvalue weighted by Crippen LogP contribution is -2.44. The number of rotatable bonds is 3. The van der Waals surface area contributed by atoms with Gasteiger partial charge in [0.05, 0.1) is 26.9 Å². The summed E-state index contributed by atoms with van der Waals surface area (Å²) in [7, 11) is 1.50. The van der Waals surface area contributed by atoms with Gasteiger partial charge in [0.2, 0.25) is 0 Å². The molecule has 1 heterocycles. The van der Waals surface area contributed by atoms with E-state index in [-0.39, 0.29) is 29.8 Å². The summed E-state index contributed by atoms with van der Waals surface area (Å²) in [5.41, 5.74) is 6.63. The zero-order valence-corrected chi connectivity index (χ0v) is 13.7. The predicted molar refractivity (Wildman–Crippen MR) is 86.1 cm³/mol. The van der Waals surface area contributed by atoms with Crippen molar-refractivity contribution >= 4 is 29.9 Å². The molecule has 112 valence electrons. The van der Waals surface area contributed by atoms with E-state index in [1.54, 1.807) is 6.07 Å². The Bertz CT molecular complexity index is 465. The Morgan fingerprint density at radius 2 is 2.10 bits per heavy atom. The smallest absolute Gasteiger partial charge is 0.191 e. The molecule has 0 radical (unpaired) electrons. The number of guanidine groups is 1. The van der Waals surface area contributed by atoms with Gasteiger partial charge in [-0.05, 0) is 17.7 Å². The highest BCUT2D eigenvalue weighted by atomic mass is 127. The fourth-order valence-electron chi connectivity index (χ4n) is 1.89. The number of hydrogen-bond acceptors (Lipinski definition) is 3. The molecule has 0 unspecified atom stereocenters. The second kappa shape index (κ2) is 8.25. The molecule has 1 aromatic rings. The number of nitrogens with two attached hydrogens (primary N) is 1. The van der Waals surface area contributed by atoms with Crippen molar-refractivity contribution in [2.75, 3.05) is 33.4 Å². The van der Waals surface area contributed by atoms with Crippen LogP contribution in [0.5, 0.6) is 5.75 Å². The molecule has 7 heteroatoms. The summed E-state index contributed by atoms with van der Waals surface area (Å²) in [6.45, 7) is 3.12. The number of ether oxygens (including phenoxy) is 2. The number of nitrogens with zero attached hydrogens (tertiary/aromatic N) is 2. The molecule has 1 aliphatic rings. The van der Waals surface area contributed by atoms with Crippen LogP contribution in [0.4, 0.5) is 4.39 Å². The quantitative estimate of drug-likeness (QED) is 0.480. The van der Waals surface area contributed by atoms with Crippen LogP contribution in [0, 0.1) is 5.82 Å². The lowest BCUT2D eigenvalue weighted by Gasteiger charge is -2.27. The molecule has 0 bridgehead atoms. The minimum absolute atomic E-state index is 0. The standard InChI is InChI=1S/C13H18FN3O2.HI/c1-18-12-7-10(6-11(14)8-12)9-16-13(15)17-2-4-19-5-3-17;/h6-8H,2-5,9H2,1H3,(H2,15,16);1H. The highest BCUT2D eigenvalue weighted by Gasteiger charge is 2.12. The van der Waals surface area contributed by atoms with Crippen LogP contribution in [0.3, 0.4) is 0 Å². The van der Waals surface area contributed by atoms with Crippen LogP contribution in [0.1, 0.15) is 5.56 Å². The maximum absolute atomic E-state index is 13.3. The van der Waals surface area contributed by atoms with Gasteiger partial charge in [0.1, 0.15) is 11.6 Å². The molecule has 0 atom stereocenters. The van der Waals surface area contributed by atoms with Gasteiger partial charge < -0.3 is 20.1 Å². The van der Waals surface area contributed by atoms with E-state index >= 15 is 0 Å². The van der Waals surface area contributed by atoms with E-state index in [1.807, 2.05) is 4.90 Å². The maximum atomic E-state index is 13.3. The van der Waals surface area contributed by atoms with Crippen molar-refractivity contribution in [2.45, 2.75) is 6.54 Å². The van der Waals surface area contributed by atoms with Gasteiger partial charge in [-0.25, -0.2) is 9.38 Å². The van der Waals surface area contributed by atoms with Gasteiger partial charge in [0, 0.05) is 19.2 Å². The van der Waals surface area contributed by atoms with Gasteiger partial charge in [-0.1, -0.05) is 0 Å². The van der Waals surface area contributed by atoms with Gasteiger partial charge in [-0.15, -0.1) is 24.0 Å². The molecular weight excluding hydrogens is 376 g/mol. The van der Waals surface area contributed by atoms with Crippen LogP contribution in [-0.2, 0) is 11.3 Å². The van der Waals surface area contributed by atoms with Gasteiger partial charge in [0.15, 0.2) is 5.96 Å². The van der Waals surface area contributed by atoms with Crippen molar-refractivity contribution < 1.29 is 13.9 Å². The van der Waals surface area contributed by atoms with Crippen molar-refractivity contribution in [3.63, 3.8) is 0 Å². The molecule has 1 saturated heterocycles. The Balaban J connectivity index is 0.00000200. The van der Waals surface area contributed by atoms with Crippen LogP contribution in [0.25, 0.3) is 0 Å². The summed E-state index contributed by atoms with van der Waals surface area (Å²) in [6.07, 6.45) is 0. The minimum Gasteiger partial charge on any atom is -0.497 e. The molecule has 5 nitrogen and oxygen atoms in total. The molecule has 0 aromatic heterocycles. The van der Waals surface area contributed by atoms with E-state index in [0.717, 1.165) is 18.7 Å². The van der Waals surface area contributed by atoms with Crippen molar-refractivity contribution in [3.05, 3.63) is 29.6 Å². The van der Waals surface area contributed by atoms with Crippen LogP contribution in [-0.4, -0.2) is 44.3 Å². The second-order valence-corrected chi connectivity index (χ2v) is 4.27. The van der Waals surface area contributed by atoms with Crippen molar-refractivity contribution in [1.29, 1.82) is 0 Å². The molecule has 2 N–H and O–H groups in total.